The molecule has 4 N–H and O–H groups in total. The summed E-state index contributed by atoms with van der Waals surface area (Å²) in [7, 11) is 0. The Morgan fingerprint density at radius 2 is 1.62 bits per heavy atom. The molecule has 4 bridgehead atoms. The van der Waals surface area contributed by atoms with Crippen LogP contribution in [0.4, 0.5) is 0 Å². The lowest BCUT2D eigenvalue weighted by molar-refractivity contribution is -0.149. The van der Waals surface area contributed by atoms with E-state index in [0.717, 1.165) is 43.4 Å². The van der Waals surface area contributed by atoms with E-state index in [0.29, 0.717) is 13.1 Å². The van der Waals surface area contributed by atoms with Crippen LogP contribution in [0.15, 0.2) is 0 Å². The van der Waals surface area contributed by atoms with Crippen LogP contribution in [0.2, 0.25) is 0 Å². The van der Waals surface area contributed by atoms with Gasteiger partial charge in [0, 0.05) is 12.0 Å². The first-order valence-corrected chi connectivity index (χ1v) is 9.72. The third kappa shape index (κ3) is 3.46. The highest BCUT2D eigenvalue weighted by atomic mass is 16.2. The van der Waals surface area contributed by atoms with Crippen molar-refractivity contribution in [2.45, 2.75) is 64.8 Å². The molecule has 0 saturated heterocycles. The van der Waals surface area contributed by atoms with Crippen molar-refractivity contribution in [3.63, 3.8) is 0 Å². The maximum absolute atomic E-state index is 13.1. The van der Waals surface area contributed by atoms with Crippen LogP contribution in [0.3, 0.4) is 0 Å². The second-order valence-electron chi connectivity index (χ2n) is 8.83. The van der Waals surface area contributed by atoms with Gasteiger partial charge in [-0.05, 0) is 75.2 Å². The van der Waals surface area contributed by atoms with E-state index in [1.165, 1.54) is 19.3 Å². The highest BCUT2D eigenvalue weighted by Crippen LogP contribution is 2.60. The first-order valence-electron chi connectivity index (χ1n) is 9.72. The fourth-order valence-electron chi connectivity index (χ4n) is 5.64. The number of hydrogen-bond donors (Lipinski definition) is 3. The molecule has 0 radical (unpaired) electrons. The van der Waals surface area contributed by atoms with Gasteiger partial charge in [0.1, 0.15) is 6.04 Å². The molecule has 0 aromatic carbocycles. The van der Waals surface area contributed by atoms with Crippen LogP contribution in [-0.4, -0.2) is 30.9 Å². The Bertz CT molecular complexity index is 454. The van der Waals surface area contributed by atoms with Gasteiger partial charge < -0.3 is 16.4 Å². The van der Waals surface area contributed by atoms with Crippen LogP contribution in [0.5, 0.6) is 0 Å². The van der Waals surface area contributed by atoms with Crippen molar-refractivity contribution in [1.82, 2.24) is 10.6 Å². The topological polar surface area (TPSA) is 84.2 Å². The molecule has 1 unspecified atom stereocenters. The van der Waals surface area contributed by atoms with Gasteiger partial charge in [-0.3, -0.25) is 9.59 Å². The second-order valence-corrected chi connectivity index (χ2v) is 8.83. The number of carbonyl (C=O) groups is 2. The minimum absolute atomic E-state index is 0.0727. The van der Waals surface area contributed by atoms with Crippen LogP contribution in [0.25, 0.3) is 0 Å². The standard InChI is InChI=1S/C19H33N3O2/c1-12(2)16(17(23)21-5-3-4-20)22-18(24)19-9-13-6-14(10-19)8-15(7-13)11-19/h12-16H,3-11,20H2,1-2H3,(H,21,23)(H,22,24). The lowest BCUT2D eigenvalue weighted by Gasteiger charge is -2.55. The fourth-order valence-corrected chi connectivity index (χ4v) is 5.64. The fraction of sp³-hybridized carbons (Fsp3) is 0.895. The second kappa shape index (κ2) is 7.03. The summed E-state index contributed by atoms with van der Waals surface area (Å²) in [5.41, 5.74) is 5.28. The molecule has 0 aromatic rings. The quantitative estimate of drug-likeness (QED) is 0.620. The summed E-state index contributed by atoms with van der Waals surface area (Å²) in [5, 5.41) is 6.03. The SMILES string of the molecule is CC(C)C(NC(=O)C12CC3CC(CC(C3)C1)C2)C(=O)NCCCN. The molecule has 1 atom stereocenters. The third-order valence-electron chi connectivity index (χ3n) is 6.44. The minimum Gasteiger partial charge on any atom is -0.354 e. The van der Waals surface area contributed by atoms with Gasteiger partial charge >= 0.3 is 0 Å². The Morgan fingerprint density at radius 1 is 1.08 bits per heavy atom. The molecule has 5 nitrogen and oxygen atoms in total. The number of nitrogens with two attached hydrogens (primary N) is 1. The molecule has 0 aromatic heterocycles. The van der Waals surface area contributed by atoms with Crippen LogP contribution in [0.1, 0.15) is 58.8 Å². The lowest BCUT2D eigenvalue weighted by atomic mass is 9.49. The number of nitrogens with one attached hydrogen (secondary N) is 2. The molecule has 136 valence electrons. The van der Waals surface area contributed by atoms with Crippen molar-refractivity contribution in [3.8, 4) is 0 Å². The number of rotatable bonds is 7. The summed E-state index contributed by atoms with van der Waals surface area (Å²) < 4.78 is 0. The lowest BCUT2D eigenvalue weighted by Crippen LogP contribution is -2.58. The van der Waals surface area contributed by atoms with Gasteiger partial charge in [0.15, 0.2) is 0 Å². The summed E-state index contributed by atoms with van der Waals surface area (Å²) >= 11 is 0. The van der Waals surface area contributed by atoms with Crippen LogP contribution in [0, 0.1) is 29.1 Å². The van der Waals surface area contributed by atoms with Crippen LogP contribution >= 0.6 is 0 Å². The highest BCUT2D eigenvalue weighted by molar-refractivity contribution is 5.90. The number of hydrogen-bond acceptors (Lipinski definition) is 3. The first kappa shape index (κ1) is 17.7. The van der Waals surface area contributed by atoms with Gasteiger partial charge in [-0.2, -0.15) is 0 Å². The molecular formula is C19H33N3O2. The molecule has 4 fully saturated rings. The Balaban J connectivity index is 1.64. The molecule has 5 heteroatoms. The van der Waals surface area contributed by atoms with E-state index in [2.05, 4.69) is 10.6 Å². The number of carbonyl (C=O) groups excluding carboxylic acids is 2. The molecule has 0 heterocycles. The Morgan fingerprint density at radius 3 is 2.08 bits per heavy atom. The predicted molar refractivity (Wildman–Crippen MR) is 94.1 cm³/mol. The summed E-state index contributed by atoms with van der Waals surface area (Å²) in [4.78, 5) is 25.6. The van der Waals surface area contributed by atoms with Crippen molar-refractivity contribution < 1.29 is 9.59 Å². The van der Waals surface area contributed by atoms with Crippen molar-refractivity contribution >= 4 is 11.8 Å². The molecular weight excluding hydrogens is 302 g/mol. The minimum atomic E-state index is -0.441. The van der Waals surface area contributed by atoms with E-state index >= 15 is 0 Å². The van der Waals surface area contributed by atoms with Crippen molar-refractivity contribution in [2.75, 3.05) is 13.1 Å². The molecule has 2 amide bonds. The van der Waals surface area contributed by atoms with Crippen molar-refractivity contribution in [2.24, 2.45) is 34.8 Å². The maximum Gasteiger partial charge on any atom is 0.242 e. The van der Waals surface area contributed by atoms with Gasteiger partial charge in [0.25, 0.3) is 0 Å². The average molecular weight is 335 g/mol. The summed E-state index contributed by atoms with van der Waals surface area (Å²) in [6.07, 6.45) is 7.82. The molecule has 4 rings (SSSR count). The number of amides is 2. The summed E-state index contributed by atoms with van der Waals surface area (Å²) in [5.74, 6) is 2.35. The maximum atomic E-state index is 13.1. The summed E-state index contributed by atoms with van der Waals surface area (Å²) in [6.45, 7) is 5.12. The van der Waals surface area contributed by atoms with E-state index in [9.17, 15) is 9.59 Å². The van der Waals surface area contributed by atoms with E-state index in [1.807, 2.05) is 13.8 Å². The van der Waals surface area contributed by atoms with Gasteiger partial charge in [-0.15, -0.1) is 0 Å². The van der Waals surface area contributed by atoms with E-state index in [-0.39, 0.29) is 23.1 Å². The van der Waals surface area contributed by atoms with E-state index < -0.39 is 6.04 Å². The zero-order valence-electron chi connectivity index (χ0n) is 15.1. The van der Waals surface area contributed by atoms with Gasteiger partial charge in [-0.1, -0.05) is 13.8 Å². The third-order valence-corrected chi connectivity index (χ3v) is 6.44. The largest absolute Gasteiger partial charge is 0.354 e. The van der Waals surface area contributed by atoms with Gasteiger partial charge in [0.2, 0.25) is 11.8 Å². The van der Waals surface area contributed by atoms with E-state index in [4.69, 9.17) is 5.73 Å². The molecule has 24 heavy (non-hydrogen) atoms. The molecule has 0 spiro atoms. The monoisotopic (exact) mass is 335 g/mol. The van der Waals surface area contributed by atoms with E-state index in [1.54, 1.807) is 0 Å². The van der Waals surface area contributed by atoms with Crippen molar-refractivity contribution in [3.05, 3.63) is 0 Å². The normalized spacial score (nSPS) is 35.1. The zero-order chi connectivity index (χ0) is 17.3. The Labute approximate surface area is 145 Å². The predicted octanol–water partition coefficient (Wildman–Crippen LogP) is 1.81. The van der Waals surface area contributed by atoms with Crippen LogP contribution in [-0.2, 0) is 9.59 Å². The Kier molecular flexibility index (Phi) is 5.19. The molecule has 4 saturated carbocycles. The zero-order valence-corrected chi connectivity index (χ0v) is 15.1. The molecule has 4 aliphatic rings. The van der Waals surface area contributed by atoms with Crippen LogP contribution < -0.4 is 16.4 Å². The Hall–Kier alpha value is -1.10. The van der Waals surface area contributed by atoms with Gasteiger partial charge in [-0.25, -0.2) is 0 Å². The molecule has 0 aliphatic heterocycles. The van der Waals surface area contributed by atoms with Crippen molar-refractivity contribution in [1.29, 1.82) is 0 Å². The average Bonchev–Trinajstić information content (AvgIpc) is 2.50. The first-order chi connectivity index (χ1) is 11.4. The summed E-state index contributed by atoms with van der Waals surface area (Å²) in [6, 6.07) is -0.441. The smallest absolute Gasteiger partial charge is 0.242 e. The van der Waals surface area contributed by atoms with Gasteiger partial charge in [0.05, 0.1) is 0 Å². The highest BCUT2D eigenvalue weighted by Gasteiger charge is 2.55. The molecule has 4 aliphatic carbocycles.